The summed E-state index contributed by atoms with van der Waals surface area (Å²) in [5.74, 6) is -1.88. The smallest absolute Gasteiger partial charge is 0.308 e. The molecule has 0 saturated carbocycles. The van der Waals surface area contributed by atoms with Crippen LogP contribution in [0.25, 0.3) is 0 Å². The molecular weight excluding hydrogens is 506 g/mol. The topological polar surface area (TPSA) is 136 Å². The van der Waals surface area contributed by atoms with E-state index in [-0.39, 0.29) is 22.9 Å². The van der Waals surface area contributed by atoms with Crippen LogP contribution in [0.3, 0.4) is 0 Å². The molecule has 0 spiro atoms. The first kappa shape index (κ1) is 23.9. The van der Waals surface area contributed by atoms with Crippen molar-refractivity contribution in [1.29, 1.82) is 0 Å². The Morgan fingerprint density at radius 2 is 1.83 bits per heavy atom. The van der Waals surface area contributed by atoms with E-state index in [2.05, 4.69) is 10.6 Å². The molecule has 0 bridgehead atoms. The van der Waals surface area contributed by atoms with E-state index in [1.807, 2.05) is 0 Å². The largest absolute Gasteiger partial charge is 0.504 e. The molecule has 0 unspecified atom stereocenters. The highest BCUT2D eigenvalue weighted by molar-refractivity contribution is 8.00. The highest BCUT2D eigenvalue weighted by Crippen LogP contribution is 2.52. The lowest BCUT2D eigenvalue weighted by Crippen LogP contribution is -2.32. The maximum absolute atomic E-state index is 13.0. The van der Waals surface area contributed by atoms with Crippen molar-refractivity contribution in [2.24, 2.45) is 5.92 Å². The summed E-state index contributed by atoms with van der Waals surface area (Å²) in [7, 11) is 2.95. The molecular formula is C24H21N3O7S2. The summed E-state index contributed by atoms with van der Waals surface area (Å²) in [6, 6.07) is 11.5. The zero-order valence-electron chi connectivity index (χ0n) is 19.1. The number of hydrogen-bond acceptors (Lipinski definition) is 9. The van der Waals surface area contributed by atoms with Crippen LogP contribution in [-0.4, -0.2) is 46.9 Å². The monoisotopic (exact) mass is 527 g/mol. The quantitative estimate of drug-likeness (QED) is 0.415. The van der Waals surface area contributed by atoms with Gasteiger partial charge in [0.25, 0.3) is 0 Å². The Morgan fingerprint density at radius 1 is 1.08 bits per heavy atom. The lowest BCUT2D eigenvalue weighted by molar-refractivity contribution is -0.126. The van der Waals surface area contributed by atoms with E-state index in [4.69, 9.17) is 9.47 Å². The third-order valence-electron chi connectivity index (χ3n) is 6.13. The van der Waals surface area contributed by atoms with Crippen molar-refractivity contribution in [2.75, 3.05) is 19.5 Å². The van der Waals surface area contributed by atoms with Crippen LogP contribution >= 0.6 is 23.1 Å². The van der Waals surface area contributed by atoms with Crippen LogP contribution in [0, 0.1) is 5.92 Å². The molecule has 1 fully saturated rings. The number of ether oxygens (including phenoxy) is 2. The molecule has 2 aromatic carbocycles. The lowest BCUT2D eigenvalue weighted by atomic mass is 9.83. The molecule has 0 aliphatic carbocycles. The number of phenolic OH excluding ortho intramolecular Hbond substituents is 1. The van der Waals surface area contributed by atoms with Gasteiger partial charge in [-0.2, -0.15) is 0 Å². The number of nitrogens with one attached hydrogen (secondary N) is 2. The van der Waals surface area contributed by atoms with Crippen molar-refractivity contribution in [3.63, 3.8) is 0 Å². The van der Waals surface area contributed by atoms with Gasteiger partial charge in [-0.05, 0) is 42.0 Å². The van der Waals surface area contributed by atoms with E-state index in [1.54, 1.807) is 43.5 Å². The number of hydrogen-bond donors (Lipinski definition) is 3. The van der Waals surface area contributed by atoms with Gasteiger partial charge in [0.2, 0.25) is 17.7 Å². The summed E-state index contributed by atoms with van der Waals surface area (Å²) in [5, 5.41) is 14.9. The summed E-state index contributed by atoms with van der Waals surface area (Å²) in [6.07, 6.45) is 0. The molecule has 3 heterocycles. The number of methoxy groups -OCH3 is 2. The maximum atomic E-state index is 13.0. The van der Waals surface area contributed by atoms with Gasteiger partial charge < -0.3 is 19.9 Å². The molecule has 2 aliphatic rings. The maximum Gasteiger partial charge on any atom is 0.308 e. The molecule has 5 rings (SSSR count). The molecule has 1 aromatic heterocycles. The van der Waals surface area contributed by atoms with Gasteiger partial charge in [-0.3, -0.25) is 29.1 Å². The van der Waals surface area contributed by atoms with Gasteiger partial charge >= 0.3 is 4.87 Å². The van der Waals surface area contributed by atoms with Crippen LogP contribution in [-0.2, 0) is 20.9 Å². The average Bonchev–Trinajstić information content (AvgIpc) is 3.33. The van der Waals surface area contributed by atoms with E-state index in [0.29, 0.717) is 26.9 Å². The standard InChI is InChI=1S/C24H21N3O7S2/c1-33-13-6-4-12(5-7-13)25-16(29)10-27-23-20(36-24(27)32)17(11-3-8-14(28)15(9-11)34-2)18-19(35-23)22(31)26-21(18)30/h3-9,17-19,28H,10H2,1-2H3,(H,25,29)(H,26,30,31)/t17-,18+,19-/m0/s1. The highest BCUT2D eigenvalue weighted by Gasteiger charge is 2.53. The van der Waals surface area contributed by atoms with Crippen LogP contribution in [0.4, 0.5) is 5.69 Å². The molecule has 0 radical (unpaired) electrons. The molecule has 3 N–H and O–H groups in total. The molecule has 2 aliphatic heterocycles. The summed E-state index contributed by atoms with van der Waals surface area (Å²) in [6.45, 7) is -0.262. The number of carbonyl (C=O) groups excluding carboxylic acids is 3. The Morgan fingerprint density at radius 3 is 2.53 bits per heavy atom. The van der Waals surface area contributed by atoms with E-state index in [0.717, 1.165) is 23.1 Å². The number of nitrogens with zero attached hydrogens (tertiary/aromatic N) is 1. The number of imide groups is 1. The number of amides is 3. The van der Waals surface area contributed by atoms with Crippen LogP contribution in [0.1, 0.15) is 16.4 Å². The number of benzene rings is 2. The number of rotatable bonds is 6. The SMILES string of the molecule is COc1ccc(NC(=O)Cn2c3c(sc2=O)[C@@H](c2ccc(O)c(OC)c2)[C@H]2C(=O)NC(=O)[C@H]2S3)cc1. The fraction of sp³-hybridized carbons (Fsp3) is 0.250. The number of phenols is 1. The third-order valence-corrected chi connectivity index (χ3v) is 8.74. The first-order chi connectivity index (χ1) is 17.3. The number of thioether (sulfide) groups is 1. The van der Waals surface area contributed by atoms with E-state index >= 15 is 0 Å². The van der Waals surface area contributed by atoms with Crippen LogP contribution in [0.15, 0.2) is 52.3 Å². The van der Waals surface area contributed by atoms with Crippen molar-refractivity contribution >= 4 is 46.5 Å². The Labute approximate surface area is 213 Å². The van der Waals surface area contributed by atoms with Gasteiger partial charge in [0, 0.05) is 16.5 Å². The van der Waals surface area contributed by atoms with Gasteiger partial charge in [0.05, 0.1) is 25.2 Å². The minimum atomic E-state index is -0.764. The molecule has 3 amide bonds. The van der Waals surface area contributed by atoms with Gasteiger partial charge in [0.1, 0.15) is 17.5 Å². The molecule has 3 aromatic rings. The summed E-state index contributed by atoms with van der Waals surface area (Å²) < 4.78 is 11.7. The summed E-state index contributed by atoms with van der Waals surface area (Å²) in [5.41, 5.74) is 1.16. The molecule has 3 atom stereocenters. The molecule has 186 valence electrons. The van der Waals surface area contributed by atoms with E-state index in [9.17, 15) is 24.3 Å². The second-order valence-electron chi connectivity index (χ2n) is 8.23. The average molecular weight is 528 g/mol. The highest BCUT2D eigenvalue weighted by atomic mass is 32.2. The normalized spacial score (nSPS) is 20.3. The minimum absolute atomic E-state index is 0.0730. The number of anilines is 1. The number of fused-ring (bicyclic) bond motifs is 2. The van der Waals surface area contributed by atoms with Crippen LogP contribution < -0.4 is 25.0 Å². The van der Waals surface area contributed by atoms with Crippen molar-refractivity contribution < 1.29 is 29.0 Å². The number of carbonyl (C=O) groups is 3. The fourth-order valence-corrected chi connectivity index (χ4v) is 7.18. The van der Waals surface area contributed by atoms with Gasteiger partial charge in [-0.15, -0.1) is 0 Å². The Balaban J connectivity index is 1.52. The Bertz CT molecular complexity index is 1430. The number of thiazole rings is 1. The predicted molar refractivity (Wildman–Crippen MR) is 133 cm³/mol. The first-order valence-electron chi connectivity index (χ1n) is 10.9. The van der Waals surface area contributed by atoms with Gasteiger partial charge in [-0.25, -0.2) is 0 Å². The molecule has 10 nitrogen and oxygen atoms in total. The predicted octanol–water partition coefficient (Wildman–Crippen LogP) is 2.15. The van der Waals surface area contributed by atoms with Gasteiger partial charge in [-0.1, -0.05) is 29.2 Å². The van der Waals surface area contributed by atoms with Crippen LogP contribution in [0.2, 0.25) is 0 Å². The van der Waals surface area contributed by atoms with Crippen molar-refractivity contribution in [2.45, 2.75) is 22.7 Å². The van der Waals surface area contributed by atoms with E-state index in [1.165, 1.54) is 17.7 Å². The molecule has 1 saturated heterocycles. The Hall–Kier alpha value is -3.77. The van der Waals surface area contributed by atoms with Crippen molar-refractivity contribution in [3.05, 3.63) is 62.6 Å². The van der Waals surface area contributed by atoms with Crippen molar-refractivity contribution in [1.82, 2.24) is 9.88 Å². The molecule has 12 heteroatoms. The Kier molecular flexibility index (Phi) is 6.22. The first-order valence-corrected chi connectivity index (χ1v) is 12.6. The van der Waals surface area contributed by atoms with Gasteiger partial charge in [0.15, 0.2) is 11.5 Å². The number of aromatic hydroxyl groups is 1. The van der Waals surface area contributed by atoms with Crippen LogP contribution in [0.5, 0.6) is 17.2 Å². The molecule has 36 heavy (non-hydrogen) atoms. The third kappa shape index (κ3) is 4.11. The van der Waals surface area contributed by atoms with E-state index < -0.39 is 34.8 Å². The zero-order valence-corrected chi connectivity index (χ0v) is 20.8. The minimum Gasteiger partial charge on any atom is -0.504 e. The lowest BCUT2D eigenvalue weighted by Gasteiger charge is -2.31. The fourth-order valence-electron chi connectivity index (χ4n) is 4.44. The second kappa shape index (κ2) is 9.36. The second-order valence-corrected chi connectivity index (χ2v) is 10.4. The summed E-state index contributed by atoms with van der Waals surface area (Å²) in [4.78, 5) is 51.4. The summed E-state index contributed by atoms with van der Waals surface area (Å²) >= 11 is 2.05. The number of aromatic nitrogens is 1. The zero-order chi connectivity index (χ0) is 25.6. The van der Waals surface area contributed by atoms with Crippen molar-refractivity contribution in [3.8, 4) is 17.2 Å².